The molecule has 0 atom stereocenters. The molecule has 25 heavy (non-hydrogen) atoms. The van der Waals surface area contributed by atoms with Crippen LogP contribution in [0.4, 0.5) is 5.69 Å². The van der Waals surface area contributed by atoms with Crippen molar-refractivity contribution < 1.29 is 9.21 Å². The van der Waals surface area contributed by atoms with E-state index in [0.29, 0.717) is 29.3 Å². The number of carbonyl (C=O) groups is 1. The monoisotopic (exact) mass is 332 g/mol. The molecule has 2 aromatic carbocycles. The highest BCUT2D eigenvalue weighted by Gasteiger charge is 2.08. The summed E-state index contributed by atoms with van der Waals surface area (Å²) in [6, 6.07) is 14.8. The van der Waals surface area contributed by atoms with Crippen LogP contribution in [0.2, 0.25) is 0 Å². The molecule has 1 amide bonds. The first-order valence-corrected chi connectivity index (χ1v) is 7.92. The van der Waals surface area contributed by atoms with E-state index in [1.165, 1.54) is 0 Å². The number of carbonyl (C=O) groups excluding carboxylic acids is 1. The first-order valence-electron chi connectivity index (χ1n) is 7.92. The number of hydrogen-bond donors (Lipinski definition) is 1. The molecule has 0 aliphatic rings. The van der Waals surface area contributed by atoms with Crippen LogP contribution in [-0.2, 0) is 6.54 Å². The molecule has 0 fully saturated rings. The lowest BCUT2D eigenvalue weighted by molar-refractivity contribution is 0.102. The number of nitrogens with zero attached hydrogens (tertiary/aromatic N) is 3. The number of hydrogen-bond acceptors (Lipinski definition) is 4. The summed E-state index contributed by atoms with van der Waals surface area (Å²) in [7, 11) is 0. The zero-order valence-corrected chi connectivity index (χ0v) is 13.6. The number of fused-ring (bicyclic) bond motifs is 1. The van der Waals surface area contributed by atoms with Gasteiger partial charge in [-0.05, 0) is 42.0 Å². The molecule has 0 unspecified atom stereocenters. The second-order valence-corrected chi connectivity index (χ2v) is 5.77. The average Bonchev–Trinajstić information content (AvgIpc) is 3.23. The van der Waals surface area contributed by atoms with E-state index in [1.54, 1.807) is 31.3 Å². The molecule has 6 heteroatoms. The normalized spacial score (nSPS) is 10.9. The average molecular weight is 332 g/mol. The third-order valence-corrected chi connectivity index (χ3v) is 3.87. The molecular weight excluding hydrogens is 316 g/mol. The molecular formula is C19H16N4O2. The van der Waals surface area contributed by atoms with Gasteiger partial charge in [-0.15, -0.1) is 0 Å². The van der Waals surface area contributed by atoms with Crippen molar-refractivity contribution >= 4 is 22.7 Å². The summed E-state index contributed by atoms with van der Waals surface area (Å²) in [4.78, 5) is 16.7. The number of rotatable bonds is 4. The molecule has 0 radical (unpaired) electrons. The molecule has 0 bridgehead atoms. The van der Waals surface area contributed by atoms with Gasteiger partial charge in [0.1, 0.15) is 5.52 Å². The van der Waals surface area contributed by atoms with Gasteiger partial charge in [0, 0.05) is 30.6 Å². The molecule has 1 N–H and O–H groups in total. The minimum absolute atomic E-state index is 0.162. The molecule has 0 saturated carbocycles. The summed E-state index contributed by atoms with van der Waals surface area (Å²) in [6.07, 6.45) is 3.65. The van der Waals surface area contributed by atoms with Gasteiger partial charge in [0.2, 0.25) is 0 Å². The van der Waals surface area contributed by atoms with Gasteiger partial charge in [-0.1, -0.05) is 12.1 Å². The van der Waals surface area contributed by atoms with Crippen LogP contribution in [-0.4, -0.2) is 20.7 Å². The summed E-state index contributed by atoms with van der Waals surface area (Å²) in [5.74, 6) is 0.441. The fourth-order valence-corrected chi connectivity index (χ4v) is 2.67. The number of amides is 1. The Morgan fingerprint density at radius 1 is 1.20 bits per heavy atom. The van der Waals surface area contributed by atoms with E-state index in [1.807, 2.05) is 41.2 Å². The Balaban J connectivity index is 1.47. The summed E-state index contributed by atoms with van der Waals surface area (Å²) in [6.45, 7) is 2.47. The highest BCUT2D eigenvalue weighted by Crippen LogP contribution is 2.20. The van der Waals surface area contributed by atoms with Crippen LogP contribution in [0.1, 0.15) is 21.8 Å². The van der Waals surface area contributed by atoms with Crippen LogP contribution >= 0.6 is 0 Å². The predicted molar refractivity (Wildman–Crippen MR) is 94.5 cm³/mol. The van der Waals surface area contributed by atoms with Crippen LogP contribution in [0.25, 0.3) is 11.1 Å². The summed E-state index contributed by atoms with van der Waals surface area (Å²) >= 11 is 0. The summed E-state index contributed by atoms with van der Waals surface area (Å²) in [5.41, 5.74) is 3.80. The van der Waals surface area contributed by atoms with Crippen LogP contribution in [0.3, 0.4) is 0 Å². The second kappa shape index (κ2) is 6.24. The predicted octanol–water partition coefficient (Wildman–Crippen LogP) is 3.63. The van der Waals surface area contributed by atoms with Crippen molar-refractivity contribution in [2.45, 2.75) is 13.5 Å². The molecule has 4 aromatic rings. The molecule has 0 aliphatic heterocycles. The molecule has 2 aromatic heterocycles. The van der Waals surface area contributed by atoms with E-state index >= 15 is 0 Å². The molecule has 124 valence electrons. The third kappa shape index (κ3) is 3.28. The lowest BCUT2D eigenvalue weighted by Crippen LogP contribution is -2.12. The zero-order valence-electron chi connectivity index (χ0n) is 13.6. The highest BCUT2D eigenvalue weighted by atomic mass is 16.3. The van der Waals surface area contributed by atoms with Crippen LogP contribution in [0.5, 0.6) is 0 Å². The molecule has 2 heterocycles. The number of nitrogens with one attached hydrogen (secondary N) is 1. The molecule has 0 saturated heterocycles. The van der Waals surface area contributed by atoms with E-state index in [0.717, 1.165) is 11.1 Å². The van der Waals surface area contributed by atoms with Gasteiger partial charge < -0.3 is 9.73 Å². The number of anilines is 1. The van der Waals surface area contributed by atoms with Crippen molar-refractivity contribution in [2.24, 2.45) is 0 Å². The largest absolute Gasteiger partial charge is 0.441 e. The number of oxazole rings is 1. The van der Waals surface area contributed by atoms with E-state index in [-0.39, 0.29) is 5.91 Å². The topological polar surface area (TPSA) is 73.0 Å². The van der Waals surface area contributed by atoms with Gasteiger partial charge in [-0.3, -0.25) is 9.48 Å². The van der Waals surface area contributed by atoms with Gasteiger partial charge in [0.15, 0.2) is 11.5 Å². The van der Waals surface area contributed by atoms with E-state index < -0.39 is 0 Å². The molecule has 0 spiro atoms. The lowest BCUT2D eigenvalue weighted by atomic mass is 10.1. The molecule has 6 nitrogen and oxygen atoms in total. The maximum atomic E-state index is 12.4. The highest BCUT2D eigenvalue weighted by molar-refractivity contribution is 6.04. The van der Waals surface area contributed by atoms with Crippen LogP contribution in [0.15, 0.2) is 65.3 Å². The smallest absolute Gasteiger partial charge is 0.255 e. The van der Waals surface area contributed by atoms with Crippen LogP contribution < -0.4 is 5.32 Å². The van der Waals surface area contributed by atoms with Gasteiger partial charge in [-0.2, -0.15) is 5.10 Å². The number of aryl methyl sites for hydroxylation is 1. The van der Waals surface area contributed by atoms with E-state index in [9.17, 15) is 4.79 Å². The fraction of sp³-hybridized carbons (Fsp3) is 0.105. The Bertz CT molecular complexity index is 1020. The minimum atomic E-state index is -0.162. The summed E-state index contributed by atoms with van der Waals surface area (Å²) in [5, 5.41) is 7.06. The van der Waals surface area contributed by atoms with Gasteiger partial charge in [0.25, 0.3) is 5.91 Å². The standard InChI is InChI=1S/C19H16N4O2/c1-13-21-17-11-16(7-8-18(17)25-13)22-19(24)15-5-3-14(4-6-15)12-23-10-2-9-20-23/h2-11H,12H2,1H3,(H,22,24). The Kier molecular flexibility index (Phi) is 3.78. The van der Waals surface area contributed by atoms with Crippen molar-refractivity contribution in [3.05, 3.63) is 77.9 Å². The Morgan fingerprint density at radius 3 is 2.80 bits per heavy atom. The lowest BCUT2D eigenvalue weighted by Gasteiger charge is -2.06. The maximum absolute atomic E-state index is 12.4. The maximum Gasteiger partial charge on any atom is 0.255 e. The van der Waals surface area contributed by atoms with Crippen LogP contribution in [0, 0.1) is 6.92 Å². The van der Waals surface area contributed by atoms with E-state index in [4.69, 9.17) is 4.42 Å². The Labute approximate surface area is 144 Å². The van der Waals surface area contributed by atoms with Gasteiger partial charge in [-0.25, -0.2) is 4.98 Å². The first-order chi connectivity index (χ1) is 12.2. The van der Waals surface area contributed by atoms with Crippen molar-refractivity contribution in [1.82, 2.24) is 14.8 Å². The minimum Gasteiger partial charge on any atom is -0.441 e. The molecule has 4 rings (SSSR count). The van der Waals surface area contributed by atoms with Crippen molar-refractivity contribution in [2.75, 3.05) is 5.32 Å². The van der Waals surface area contributed by atoms with Gasteiger partial charge >= 0.3 is 0 Å². The third-order valence-electron chi connectivity index (χ3n) is 3.87. The number of aromatic nitrogens is 3. The SMILES string of the molecule is Cc1nc2cc(NC(=O)c3ccc(Cn4cccn4)cc3)ccc2o1. The van der Waals surface area contributed by atoms with Crippen molar-refractivity contribution in [1.29, 1.82) is 0 Å². The van der Waals surface area contributed by atoms with Crippen molar-refractivity contribution in [3.8, 4) is 0 Å². The quantitative estimate of drug-likeness (QED) is 0.619. The Hall–Kier alpha value is -3.41. The van der Waals surface area contributed by atoms with Crippen molar-refractivity contribution in [3.63, 3.8) is 0 Å². The second-order valence-electron chi connectivity index (χ2n) is 5.77. The first kappa shape index (κ1) is 15.1. The number of benzene rings is 2. The van der Waals surface area contributed by atoms with Gasteiger partial charge in [0.05, 0.1) is 6.54 Å². The molecule has 0 aliphatic carbocycles. The Morgan fingerprint density at radius 2 is 2.04 bits per heavy atom. The zero-order chi connectivity index (χ0) is 17.2. The fourth-order valence-electron chi connectivity index (χ4n) is 2.67. The summed E-state index contributed by atoms with van der Waals surface area (Å²) < 4.78 is 7.28. The van der Waals surface area contributed by atoms with E-state index in [2.05, 4.69) is 15.4 Å².